The summed E-state index contributed by atoms with van der Waals surface area (Å²) in [6, 6.07) is 3.30. The van der Waals surface area contributed by atoms with E-state index in [0.29, 0.717) is 0 Å². The van der Waals surface area contributed by atoms with Crippen molar-refractivity contribution in [3.05, 3.63) is 35.4 Å². The van der Waals surface area contributed by atoms with E-state index in [2.05, 4.69) is 5.32 Å². The minimum absolute atomic E-state index is 0.00593. The summed E-state index contributed by atoms with van der Waals surface area (Å²) < 4.78 is 27.7. The van der Waals surface area contributed by atoms with Gasteiger partial charge in [-0.25, -0.2) is 8.78 Å². The van der Waals surface area contributed by atoms with E-state index in [4.69, 9.17) is 0 Å². The molecule has 110 valence electrons. The highest BCUT2D eigenvalue weighted by Crippen LogP contribution is 2.27. The van der Waals surface area contributed by atoms with Crippen LogP contribution in [-0.4, -0.2) is 31.4 Å². The molecule has 1 saturated carbocycles. The third-order valence-electron chi connectivity index (χ3n) is 3.90. The Balaban J connectivity index is 2.08. The molecule has 1 aromatic rings. The van der Waals surface area contributed by atoms with Crippen molar-refractivity contribution < 1.29 is 13.6 Å². The largest absolute Gasteiger partial charge is 0.354 e. The van der Waals surface area contributed by atoms with Crippen molar-refractivity contribution in [3.8, 4) is 0 Å². The molecule has 2 rings (SSSR count). The van der Waals surface area contributed by atoms with E-state index in [0.717, 1.165) is 19.3 Å². The summed E-state index contributed by atoms with van der Waals surface area (Å²) in [7, 11) is 3.48. The van der Waals surface area contributed by atoms with E-state index >= 15 is 0 Å². The summed E-state index contributed by atoms with van der Waals surface area (Å²) in [6.07, 6.45) is 2.90. The van der Waals surface area contributed by atoms with Gasteiger partial charge >= 0.3 is 0 Å². The first-order valence-electron chi connectivity index (χ1n) is 6.88. The summed E-state index contributed by atoms with van der Waals surface area (Å²) >= 11 is 0. The number of halogens is 2. The molecule has 1 aromatic carbocycles. The van der Waals surface area contributed by atoms with Gasteiger partial charge in [0.25, 0.3) is 0 Å². The fraction of sp³-hybridized carbons (Fsp3) is 0.533. The minimum Gasteiger partial charge on any atom is -0.354 e. The molecule has 1 N–H and O–H groups in total. The number of benzene rings is 1. The number of amides is 1. The van der Waals surface area contributed by atoms with Crippen LogP contribution >= 0.6 is 0 Å². The number of likely N-dealkylation sites (N-methyl/N-ethyl adjacent to an activating group) is 1. The second kappa shape index (κ2) is 6.31. The predicted molar refractivity (Wildman–Crippen MR) is 73.1 cm³/mol. The van der Waals surface area contributed by atoms with E-state index in [-0.39, 0.29) is 23.9 Å². The zero-order valence-corrected chi connectivity index (χ0v) is 11.8. The summed E-state index contributed by atoms with van der Waals surface area (Å²) in [5.41, 5.74) is 0.00593. The average Bonchev–Trinajstić information content (AvgIpc) is 2.30. The van der Waals surface area contributed by atoms with Crippen LogP contribution in [0.15, 0.2) is 18.2 Å². The maximum Gasteiger partial charge on any atom is 0.223 e. The van der Waals surface area contributed by atoms with Crippen molar-refractivity contribution in [2.75, 3.05) is 20.6 Å². The van der Waals surface area contributed by atoms with Crippen molar-refractivity contribution in [2.45, 2.75) is 25.3 Å². The lowest BCUT2D eigenvalue weighted by Gasteiger charge is -2.29. The minimum atomic E-state index is -0.582. The molecule has 1 aliphatic rings. The van der Waals surface area contributed by atoms with Gasteiger partial charge in [-0.2, -0.15) is 0 Å². The van der Waals surface area contributed by atoms with E-state index in [1.54, 1.807) is 19.0 Å². The Kier molecular flexibility index (Phi) is 4.70. The number of hydrogen-bond acceptors (Lipinski definition) is 2. The van der Waals surface area contributed by atoms with Crippen LogP contribution in [0.1, 0.15) is 30.9 Å². The maximum atomic E-state index is 13.8. The summed E-state index contributed by atoms with van der Waals surface area (Å²) in [4.78, 5) is 13.5. The van der Waals surface area contributed by atoms with Gasteiger partial charge in [0, 0.05) is 18.0 Å². The highest BCUT2D eigenvalue weighted by Gasteiger charge is 2.27. The standard InChI is InChI=1S/C15H20F2N2O/c1-19(2)13(9-18-15(20)10-5-3-6-10)14-11(16)7-4-8-12(14)17/h4,7-8,10,13H,3,5-6,9H2,1-2H3,(H,18,20)/t13-/m0/s1. The van der Waals surface area contributed by atoms with Crippen molar-refractivity contribution in [1.82, 2.24) is 10.2 Å². The molecule has 0 bridgehead atoms. The molecule has 0 heterocycles. The highest BCUT2D eigenvalue weighted by molar-refractivity contribution is 5.79. The van der Waals surface area contributed by atoms with Gasteiger partial charge in [-0.3, -0.25) is 4.79 Å². The molecule has 5 heteroatoms. The molecule has 1 amide bonds. The SMILES string of the molecule is CN(C)[C@@H](CNC(=O)C1CCC1)c1c(F)cccc1F. The Morgan fingerprint density at radius 1 is 1.35 bits per heavy atom. The molecular formula is C15H20F2N2O. The van der Waals surface area contributed by atoms with E-state index in [9.17, 15) is 13.6 Å². The third-order valence-corrected chi connectivity index (χ3v) is 3.90. The van der Waals surface area contributed by atoms with Crippen molar-refractivity contribution in [2.24, 2.45) is 5.92 Å². The smallest absolute Gasteiger partial charge is 0.223 e. The van der Waals surface area contributed by atoms with Crippen molar-refractivity contribution >= 4 is 5.91 Å². The van der Waals surface area contributed by atoms with Crippen LogP contribution in [0, 0.1) is 17.6 Å². The molecule has 1 aliphatic carbocycles. The van der Waals surface area contributed by atoms with Crippen LogP contribution in [0.2, 0.25) is 0 Å². The lowest BCUT2D eigenvalue weighted by molar-refractivity contribution is -0.127. The second-order valence-electron chi connectivity index (χ2n) is 5.49. The van der Waals surface area contributed by atoms with Gasteiger partial charge in [-0.05, 0) is 39.1 Å². The van der Waals surface area contributed by atoms with Gasteiger partial charge < -0.3 is 10.2 Å². The molecule has 0 aliphatic heterocycles. The molecule has 0 unspecified atom stereocenters. The van der Waals surface area contributed by atoms with Crippen LogP contribution in [0.25, 0.3) is 0 Å². The fourth-order valence-electron chi connectivity index (χ4n) is 2.38. The average molecular weight is 282 g/mol. The molecule has 0 radical (unpaired) electrons. The van der Waals surface area contributed by atoms with Crippen molar-refractivity contribution in [1.29, 1.82) is 0 Å². The molecule has 0 saturated heterocycles. The number of nitrogens with zero attached hydrogens (tertiary/aromatic N) is 1. The van der Waals surface area contributed by atoms with Crippen LogP contribution in [0.4, 0.5) is 8.78 Å². The van der Waals surface area contributed by atoms with Gasteiger partial charge in [0.2, 0.25) is 5.91 Å². The van der Waals surface area contributed by atoms with Crippen molar-refractivity contribution in [3.63, 3.8) is 0 Å². The number of nitrogens with one attached hydrogen (secondary N) is 1. The molecule has 1 fully saturated rings. The number of carbonyl (C=O) groups excluding carboxylic acids is 1. The first-order valence-corrected chi connectivity index (χ1v) is 6.88. The van der Waals surface area contributed by atoms with Crippen LogP contribution < -0.4 is 5.32 Å². The zero-order chi connectivity index (χ0) is 14.7. The Labute approximate surface area is 118 Å². The van der Waals surface area contributed by atoms with Gasteiger partial charge in [0.15, 0.2) is 0 Å². The lowest BCUT2D eigenvalue weighted by Crippen LogP contribution is -2.40. The van der Waals surface area contributed by atoms with Gasteiger partial charge in [0.05, 0.1) is 6.04 Å². The lowest BCUT2D eigenvalue weighted by atomic mass is 9.85. The van der Waals surface area contributed by atoms with E-state index < -0.39 is 17.7 Å². The molecule has 0 spiro atoms. The highest BCUT2D eigenvalue weighted by atomic mass is 19.1. The molecule has 3 nitrogen and oxygen atoms in total. The molecular weight excluding hydrogens is 262 g/mol. The topological polar surface area (TPSA) is 32.3 Å². The van der Waals surface area contributed by atoms with Crippen LogP contribution in [0.3, 0.4) is 0 Å². The van der Waals surface area contributed by atoms with Gasteiger partial charge in [0.1, 0.15) is 11.6 Å². The molecule has 20 heavy (non-hydrogen) atoms. The Hall–Kier alpha value is -1.49. The first-order chi connectivity index (χ1) is 9.50. The number of rotatable bonds is 5. The van der Waals surface area contributed by atoms with E-state index in [1.807, 2.05) is 0 Å². The van der Waals surface area contributed by atoms with Crippen LogP contribution in [-0.2, 0) is 4.79 Å². The normalized spacial score (nSPS) is 16.9. The summed E-state index contributed by atoms with van der Waals surface area (Å²) in [6.45, 7) is 0.209. The molecule has 0 aromatic heterocycles. The second-order valence-corrected chi connectivity index (χ2v) is 5.49. The first kappa shape index (κ1) is 14.9. The molecule has 1 atom stereocenters. The predicted octanol–water partition coefficient (Wildman–Crippen LogP) is 2.48. The monoisotopic (exact) mass is 282 g/mol. The summed E-state index contributed by atoms with van der Waals surface area (Å²) in [5, 5.41) is 2.81. The van der Waals surface area contributed by atoms with E-state index in [1.165, 1.54) is 18.2 Å². The summed E-state index contributed by atoms with van der Waals surface area (Å²) in [5.74, 6) is -1.11. The zero-order valence-electron chi connectivity index (χ0n) is 11.8. The number of carbonyl (C=O) groups is 1. The Bertz CT molecular complexity index is 467. The van der Waals surface area contributed by atoms with Crippen LogP contribution in [0.5, 0.6) is 0 Å². The third kappa shape index (κ3) is 3.15. The quantitative estimate of drug-likeness (QED) is 0.900. The Morgan fingerprint density at radius 2 is 1.95 bits per heavy atom. The maximum absolute atomic E-state index is 13.8. The number of hydrogen-bond donors (Lipinski definition) is 1. The van der Waals surface area contributed by atoms with Gasteiger partial charge in [-0.1, -0.05) is 12.5 Å². The van der Waals surface area contributed by atoms with Gasteiger partial charge in [-0.15, -0.1) is 0 Å². The fourth-order valence-corrected chi connectivity index (χ4v) is 2.38. The Morgan fingerprint density at radius 3 is 2.40 bits per heavy atom.